The van der Waals surface area contributed by atoms with Crippen LogP contribution in [-0.2, 0) is 16.1 Å². The van der Waals surface area contributed by atoms with Crippen LogP contribution in [-0.4, -0.2) is 23.3 Å². The lowest BCUT2D eigenvalue weighted by Gasteiger charge is -2.16. The summed E-state index contributed by atoms with van der Waals surface area (Å²) >= 11 is 0. The number of hydrogen-bond acceptors (Lipinski definition) is 2. The van der Waals surface area contributed by atoms with Gasteiger partial charge in [-0.3, -0.25) is 9.59 Å². The Hall–Kier alpha value is -2.69. The van der Waals surface area contributed by atoms with Gasteiger partial charge >= 0.3 is 0 Å². The maximum absolute atomic E-state index is 13.6. The lowest BCUT2D eigenvalue weighted by Crippen LogP contribution is -2.28. The molecule has 0 aliphatic carbocycles. The average Bonchev–Trinajstić information content (AvgIpc) is 2.93. The maximum atomic E-state index is 13.6. The molecule has 0 saturated carbocycles. The number of carbonyl (C=O) groups is 2. The first-order valence-corrected chi connectivity index (χ1v) is 7.91. The molecule has 0 aromatic heterocycles. The summed E-state index contributed by atoms with van der Waals surface area (Å²) in [6.45, 7) is 2.55. The Labute approximate surface area is 140 Å². The second-order valence-electron chi connectivity index (χ2n) is 6.11. The number of anilines is 1. The lowest BCUT2D eigenvalue weighted by atomic mass is 10.1. The van der Waals surface area contributed by atoms with Crippen molar-refractivity contribution < 1.29 is 14.0 Å². The van der Waals surface area contributed by atoms with Gasteiger partial charge in [-0.15, -0.1) is 0 Å². The van der Waals surface area contributed by atoms with Crippen LogP contribution in [0, 0.1) is 18.7 Å². The number of aryl methyl sites for hydroxylation is 1. The molecule has 124 valence electrons. The number of nitrogens with one attached hydrogen (secondary N) is 1. The van der Waals surface area contributed by atoms with Crippen molar-refractivity contribution in [3.8, 4) is 0 Å². The van der Waals surface area contributed by atoms with E-state index < -0.39 is 5.92 Å². The Kier molecular flexibility index (Phi) is 4.60. The molecule has 24 heavy (non-hydrogen) atoms. The van der Waals surface area contributed by atoms with E-state index in [1.807, 2.05) is 30.3 Å². The van der Waals surface area contributed by atoms with E-state index in [2.05, 4.69) is 5.32 Å². The van der Waals surface area contributed by atoms with Gasteiger partial charge in [-0.2, -0.15) is 0 Å². The van der Waals surface area contributed by atoms with Crippen molar-refractivity contribution in [2.45, 2.75) is 19.9 Å². The number of nitrogens with zero attached hydrogens (tertiary/aromatic N) is 1. The van der Waals surface area contributed by atoms with Crippen molar-refractivity contribution in [1.29, 1.82) is 0 Å². The normalized spacial score (nSPS) is 17.2. The Bertz CT molecular complexity index is 761. The van der Waals surface area contributed by atoms with Gasteiger partial charge in [0.15, 0.2) is 0 Å². The molecule has 1 N–H and O–H groups in total. The second-order valence-corrected chi connectivity index (χ2v) is 6.11. The lowest BCUT2D eigenvalue weighted by molar-refractivity contribution is -0.128. The van der Waals surface area contributed by atoms with E-state index in [0.29, 0.717) is 24.3 Å². The van der Waals surface area contributed by atoms with Crippen molar-refractivity contribution in [2.24, 2.45) is 5.92 Å². The van der Waals surface area contributed by atoms with Gasteiger partial charge in [0.1, 0.15) is 5.82 Å². The van der Waals surface area contributed by atoms with Crippen molar-refractivity contribution in [3.05, 3.63) is 65.5 Å². The molecule has 2 aromatic carbocycles. The first kappa shape index (κ1) is 16.2. The van der Waals surface area contributed by atoms with Crippen LogP contribution in [0.25, 0.3) is 0 Å². The molecule has 1 unspecified atom stereocenters. The van der Waals surface area contributed by atoms with Gasteiger partial charge in [0.2, 0.25) is 11.8 Å². The number of carbonyl (C=O) groups excluding carboxylic acids is 2. The predicted molar refractivity (Wildman–Crippen MR) is 89.7 cm³/mol. The smallest absolute Gasteiger partial charge is 0.229 e. The fourth-order valence-corrected chi connectivity index (χ4v) is 2.82. The molecule has 1 aliphatic rings. The summed E-state index contributed by atoms with van der Waals surface area (Å²) in [7, 11) is 0. The molecule has 1 atom stereocenters. The molecule has 1 fully saturated rings. The van der Waals surface area contributed by atoms with Crippen LogP contribution in [0.3, 0.4) is 0 Å². The Balaban J connectivity index is 1.62. The van der Waals surface area contributed by atoms with Gasteiger partial charge in [-0.05, 0) is 30.2 Å². The van der Waals surface area contributed by atoms with Crippen molar-refractivity contribution >= 4 is 17.5 Å². The van der Waals surface area contributed by atoms with Crippen molar-refractivity contribution in [2.75, 3.05) is 11.9 Å². The number of amides is 2. The number of benzene rings is 2. The van der Waals surface area contributed by atoms with Crippen LogP contribution in [0.1, 0.15) is 17.5 Å². The van der Waals surface area contributed by atoms with Crippen molar-refractivity contribution in [1.82, 2.24) is 4.90 Å². The van der Waals surface area contributed by atoms with Crippen molar-refractivity contribution in [3.63, 3.8) is 0 Å². The Morgan fingerprint density at radius 2 is 2.00 bits per heavy atom. The third kappa shape index (κ3) is 3.62. The molecule has 5 heteroatoms. The maximum Gasteiger partial charge on any atom is 0.229 e. The molecule has 0 bridgehead atoms. The van der Waals surface area contributed by atoms with E-state index >= 15 is 0 Å². The van der Waals surface area contributed by atoms with Gasteiger partial charge in [0, 0.05) is 25.2 Å². The Morgan fingerprint density at radius 1 is 1.25 bits per heavy atom. The Morgan fingerprint density at radius 3 is 2.71 bits per heavy atom. The van der Waals surface area contributed by atoms with Crippen LogP contribution in [0.5, 0.6) is 0 Å². The highest BCUT2D eigenvalue weighted by Gasteiger charge is 2.34. The molecule has 1 heterocycles. The number of halogens is 1. The standard InChI is InChI=1S/C19H19FN2O2/c1-13-7-8-16(10-17(13)20)21-19(24)15-9-18(23)22(12-15)11-14-5-3-2-4-6-14/h2-8,10,15H,9,11-12H2,1H3,(H,21,24). The summed E-state index contributed by atoms with van der Waals surface area (Å²) in [6.07, 6.45) is 0.188. The quantitative estimate of drug-likeness (QED) is 0.938. The summed E-state index contributed by atoms with van der Waals surface area (Å²) in [5.41, 5.74) is 1.97. The molecule has 0 spiro atoms. The minimum atomic E-state index is -0.412. The van der Waals surface area contributed by atoms with Gasteiger partial charge in [0.05, 0.1) is 5.92 Å². The summed E-state index contributed by atoms with van der Waals surface area (Å²) in [4.78, 5) is 26.2. The van der Waals surface area contributed by atoms with Crippen LogP contribution in [0.15, 0.2) is 48.5 Å². The highest BCUT2D eigenvalue weighted by Crippen LogP contribution is 2.22. The van der Waals surface area contributed by atoms with E-state index in [-0.39, 0.29) is 24.1 Å². The number of hydrogen-bond donors (Lipinski definition) is 1. The zero-order chi connectivity index (χ0) is 17.1. The monoisotopic (exact) mass is 326 g/mol. The van der Waals surface area contributed by atoms with E-state index in [9.17, 15) is 14.0 Å². The fourth-order valence-electron chi connectivity index (χ4n) is 2.82. The van der Waals surface area contributed by atoms with Gasteiger partial charge < -0.3 is 10.2 Å². The van der Waals surface area contributed by atoms with Crippen LogP contribution in [0.4, 0.5) is 10.1 Å². The minimum absolute atomic E-state index is 0.0333. The molecule has 1 aliphatic heterocycles. The topological polar surface area (TPSA) is 49.4 Å². The zero-order valence-corrected chi connectivity index (χ0v) is 13.5. The molecule has 1 saturated heterocycles. The van der Waals surface area contributed by atoms with Gasteiger partial charge in [0.25, 0.3) is 0 Å². The summed E-state index contributed by atoms with van der Waals surface area (Å²) in [5.74, 6) is -1.05. The first-order chi connectivity index (χ1) is 11.5. The van der Waals surface area contributed by atoms with Gasteiger partial charge in [-0.1, -0.05) is 36.4 Å². The summed E-state index contributed by atoms with van der Waals surface area (Å²) < 4.78 is 13.6. The molecule has 2 amide bonds. The van der Waals surface area contributed by atoms with Gasteiger partial charge in [-0.25, -0.2) is 4.39 Å². The molecule has 2 aromatic rings. The number of likely N-dealkylation sites (tertiary alicyclic amines) is 1. The fraction of sp³-hybridized carbons (Fsp3) is 0.263. The molecular weight excluding hydrogens is 307 g/mol. The number of rotatable bonds is 4. The first-order valence-electron chi connectivity index (χ1n) is 7.91. The van der Waals surface area contributed by atoms with E-state index in [1.165, 1.54) is 6.07 Å². The third-order valence-electron chi connectivity index (χ3n) is 4.24. The second kappa shape index (κ2) is 6.83. The van der Waals surface area contributed by atoms with E-state index in [4.69, 9.17) is 0 Å². The zero-order valence-electron chi connectivity index (χ0n) is 13.5. The predicted octanol–water partition coefficient (Wildman–Crippen LogP) is 3.12. The molecule has 0 radical (unpaired) electrons. The summed E-state index contributed by atoms with van der Waals surface area (Å²) in [6, 6.07) is 14.3. The third-order valence-corrected chi connectivity index (χ3v) is 4.24. The molecule has 4 nitrogen and oxygen atoms in total. The highest BCUT2D eigenvalue weighted by atomic mass is 19.1. The van der Waals surface area contributed by atoms with E-state index in [1.54, 1.807) is 24.0 Å². The largest absolute Gasteiger partial charge is 0.338 e. The average molecular weight is 326 g/mol. The highest BCUT2D eigenvalue weighted by molar-refractivity contribution is 5.97. The molecular formula is C19H19FN2O2. The van der Waals surface area contributed by atoms with Crippen LogP contribution >= 0.6 is 0 Å². The van der Waals surface area contributed by atoms with Crippen LogP contribution in [0.2, 0.25) is 0 Å². The summed E-state index contributed by atoms with van der Waals surface area (Å²) in [5, 5.41) is 2.70. The van der Waals surface area contributed by atoms with Crippen LogP contribution < -0.4 is 5.32 Å². The minimum Gasteiger partial charge on any atom is -0.338 e. The molecule has 3 rings (SSSR count). The van der Waals surface area contributed by atoms with E-state index in [0.717, 1.165) is 5.56 Å². The SMILES string of the molecule is Cc1ccc(NC(=O)C2CC(=O)N(Cc3ccccc3)C2)cc1F.